The van der Waals surface area contributed by atoms with Crippen LogP contribution in [0.1, 0.15) is 26.1 Å². The lowest BCUT2D eigenvalue weighted by atomic mass is 10.0. The Morgan fingerprint density at radius 1 is 0.650 bits per heavy atom. The molecule has 1 aliphatic rings. The van der Waals surface area contributed by atoms with Gasteiger partial charge in [0, 0.05) is 38.2 Å². The van der Waals surface area contributed by atoms with Crippen LogP contribution in [-0.2, 0) is 0 Å². The molecule has 0 saturated carbocycles. The molecule has 0 atom stereocenters. The van der Waals surface area contributed by atoms with E-state index < -0.39 is 0 Å². The van der Waals surface area contributed by atoms with Crippen molar-refractivity contribution in [2.45, 2.75) is 20.3 Å². The Morgan fingerprint density at radius 3 is 2.12 bits per heavy atom. The highest BCUT2D eigenvalue weighted by Crippen LogP contribution is 2.39. The molecule has 0 amide bonds. The lowest BCUT2D eigenvalue weighted by Crippen LogP contribution is -2.12. The van der Waals surface area contributed by atoms with Crippen LogP contribution >= 0.6 is 0 Å². The van der Waals surface area contributed by atoms with Crippen molar-refractivity contribution in [1.82, 2.24) is 19.4 Å². The number of nitrogens with zero attached hydrogens (tertiary/aromatic N) is 4. The smallest absolute Gasteiger partial charge is 0.263 e. The van der Waals surface area contributed by atoms with Crippen LogP contribution in [0.15, 0.2) is 114 Å². The van der Waals surface area contributed by atoms with Crippen LogP contribution in [0.4, 0.5) is 0 Å². The van der Waals surface area contributed by atoms with E-state index in [9.17, 15) is 4.79 Å². The Bertz CT molecular complexity index is 2170. The van der Waals surface area contributed by atoms with Gasteiger partial charge in [-0.2, -0.15) is 0 Å². The Labute approximate surface area is 231 Å². The number of benzene rings is 4. The number of hydrogen-bond donors (Lipinski definition) is 0. The minimum Gasteiger partial charge on any atom is -0.275 e. The van der Waals surface area contributed by atoms with Crippen molar-refractivity contribution in [2.75, 3.05) is 0 Å². The number of allylic oxidation sites excluding steroid dienone is 4. The zero-order valence-electron chi connectivity index (χ0n) is 22.3. The van der Waals surface area contributed by atoms with Crippen LogP contribution in [0.5, 0.6) is 0 Å². The molecule has 0 aliphatic heterocycles. The van der Waals surface area contributed by atoms with Gasteiger partial charge in [-0.1, -0.05) is 111 Å². The van der Waals surface area contributed by atoms with Gasteiger partial charge in [0.2, 0.25) is 0 Å². The van der Waals surface area contributed by atoms with E-state index in [-0.39, 0.29) is 5.56 Å². The van der Waals surface area contributed by atoms with Gasteiger partial charge in [0.05, 0.1) is 11.0 Å². The molecular weight excluding hydrogens is 492 g/mol. The van der Waals surface area contributed by atoms with E-state index in [1.165, 1.54) is 0 Å². The summed E-state index contributed by atoms with van der Waals surface area (Å²) < 4.78 is 1.86. The summed E-state index contributed by atoms with van der Waals surface area (Å²) in [6, 6.07) is 30.1. The molecule has 3 aromatic heterocycles. The molecular formula is C35H26N4O. The van der Waals surface area contributed by atoms with Gasteiger partial charge in [0.25, 0.3) is 5.56 Å². The first-order valence-electron chi connectivity index (χ1n) is 13.7. The van der Waals surface area contributed by atoms with Gasteiger partial charge >= 0.3 is 0 Å². The van der Waals surface area contributed by atoms with E-state index >= 15 is 0 Å². The molecule has 0 fully saturated rings. The quantitative estimate of drug-likeness (QED) is 0.222. The normalized spacial score (nSPS) is 12.8. The standard InChI is InChI=1S/C33H20N4O.C2H6/c38-33-24-15-7-6-14-22(24)23-16-8-17-25-28-26(18-9-19-27(28)37(33)29(23)25)32-35-30(20-10-2-1-3-11-20)34-31(36-32)21-12-4-5-13-21;1-2/h1-4,6-19H,5H2;1-2H3. The maximum Gasteiger partial charge on any atom is 0.263 e. The minimum atomic E-state index is -0.0148. The van der Waals surface area contributed by atoms with Crippen LogP contribution in [0, 0.1) is 0 Å². The van der Waals surface area contributed by atoms with Gasteiger partial charge in [-0.25, -0.2) is 15.0 Å². The molecule has 192 valence electrons. The van der Waals surface area contributed by atoms with E-state index in [0.29, 0.717) is 22.9 Å². The van der Waals surface area contributed by atoms with E-state index in [1.54, 1.807) is 0 Å². The van der Waals surface area contributed by atoms with E-state index in [1.807, 2.05) is 91.0 Å². The minimum absolute atomic E-state index is 0.0148. The molecule has 0 bridgehead atoms. The molecule has 8 rings (SSSR count). The molecule has 0 radical (unpaired) electrons. The number of aromatic nitrogens is 4. The average molecular weight is 519 g/mol. The zero-order valence-corrected chi connectivity index (χ0v) is 22.3. The maximum atomic E-state index is 13.8. The van der Waals surface area contributed by atoms with Crippen molar-refractivity contribution >= 4 is 43.5 Å². The van der Waals surface area contributed by atoms with Crippen molar-refractivity contribution in [3.63, 3.8) is 0 Å². The van der Waals surface area contributed by atoms with Crippen LogP contribution in [0.3, 0.4) is 0 Å². The predicted octanol–water partition coefficient (Wildman–Crippen LogP) is 8.09. The number of fused-ring (bicyclic) bond motifs is 5. The highest BCUT2D eigenvalue weighted by atomic mass is 16.1. The first-order valence-corrected chi connectivity index (χ1v) is 13.7. The van der Waals surface area contributed by atoms with Crippen molar-refractivity contribution in [3.05, 3.63) is 125 Å². The molecule has 0 saturated heterocycles. The van der Waals surface area contributed by atoms with Gasteiger partial charge in [-0.05, 0) is 23.9 Å². The molecule has 3 heterocycles. The fourth-order valence-corrected chi connectivity index (χ4v) is 5.72. The third kappa shape index (κ3) is 3.55. The van der Waals surface area contributed by atoms with Crippen LogP contribution < -0.4 is 5.56 Å². The topological polar surface area (TPSA) is 60.2 Å². The Kier molecular flexibility index (Phi) is 5.71. The monoisotopic (exact) mass is 518 g/mol. The lowest BCUT2D eigenvalue weighted by Gasteiger charge is -2.09. The zero-order chi connectivity index (χ0) is 27.2. The van der Waals surface area contributed by atoms with Crippen molar-refractivity contribution in [1.29, 1.82) is 0 Å². The third-order valence-corrected chi connectivity index (χ3v) is 7.40. The summed E-state index contributed by atoms with van der Waals surface area (Å²) in [5.41, 5.74) is 4.57. The molecule has 5 heteroatoms. The van der Waals surface area contributed by atoms with Gasteiger partial charge in [0.15, 0.2) is 17.5 Å². The fourth-order valence-electron chi connectivity index (χ4n) is 5.72. The van der Waals surface area contributed by atoms with Crippen LogP contribution in [0.25, 0.3) is 66.3 Å². The van der Waals surface area contributed by atoms with Crippen molar-refractivity contribution in [3.8, 4) is 22.8 Å². The molecule has 7 aromatic rings. The van der Waals surface area contributed by atoms with Crippen molar-refractivity contribution in [2.24, 2.45) is 0 Å². The van der Waals surface area contributed by atoms with Gasteiger partial charge in [0.1, 0.15) is 0 Å². The summed E-state index contributed by atoms with van der Waals surface area (Å²) >= 11 is 0. The predicted molar refractivity (Wildman–Crippen MR) is 165 cm³/mol. The summed E-state index contributed by atoms with van der Waals surface area (Å²) in [5.74, 6) is 1.87. The second-order valence-electron chi connectivity index (χ2n) is 9.56. The summed E-state index contributed by atoms with van der Waals surface area (Å²) in [5, 5.41) is 4.72. The largest absolute Gasteiger partial charge is 0.275 e. The van der Waals surface area contributed by atoms with E-state index in [2.05, 4.69) is 36.4 Å². The highest BCUT2D eigenvalue weighted by molar-refractivity contribution is 6.22. The van der Waals surface area contributed by atoms with Gasteiger partial charge < -0.3 is 0 Å². The number of pyridine rings is 1. The second-order valence-corrected chi connectivity index (χ2v) is 9.56. The Hall–Kier alpha value is -5.16. The van der Waals surface area contributed by atoms with Crippen LogP contribution in [-0.4, -0.2) is 19.4 Å². The summed E-state index contributed by atoms with van der Waals surface area (Å²) in [6.07, 6.45) is 7.16. The van der Waals surface area contributed by atoms with Crippen LogP contribution in [0.2, 0.25) is 0 Å². The van der Waals surface area contributed by atoms with Gasteiger partial charge in [-0.15, -0.1) is 0 Å². The second kappa shape index (κ2) is 9.54. The first-order chi connectivity index (χ1) is 19.8. The summed E-state index contributed by atoms with van der Waals surface area (Å²) in [7, 11) is 0. The molecule has 0 spiro atoms. The Morgan fingerprint density at radius 2 is 1.32 bits per heavy atom. The number of hydrogen-bond acceptors (Lipinski definition) is 4. The molecule has 40 heavy (non-hydrogen) atoms. The molecule has 4 aromatic carbocycles. The van der Waals surface area contributed by atoms with Crippen molar-refractivity contribution < 1.29 is 0 Å². The molecule has 0 unspecified atom stereocenters. The molecule has 1 aliphatic carbocycles. The third-order valence-electron chi connectivity index (χ3n) is 7.40. The highest BCUT2D eigenvalue weighted by Gasteiger charge is 2.21. The van der Waals surface area contributed by atoms with Gasteiger partial charge in [-0.3, -0.25) is 9.20 Å². The summed E-state index contributed by atoms with van der Waals surface area (Å²) in [6.45, 7) is 4.00. The SMILES string of the molecule is CC.O=c1c2ccccc2c2cccc3c4c(-c5nc(C6=CCC=C6)nc(-c6ccccc6)n5)cccc4n1c23. The van der Waals surface area contributed by atoms with E-state index in [0.717, 1.165) is 55.7 Å². The van der Waals surface area contributed by atoms with E-state index in [4.69, 9.17) is 15.0 Å². The average Bonchev–Trinajstić information content (AvgIpc) is 3.69. The number of rotatable bonds is 3. The molecule has 5 nitrogen and oxygen atoms in total. The summed E-state index contributed by atoms with van der Waals surface area (Å²) in [4.78, 5) is 28.6. The first kappa shape index (κ1) is 23.9. The molecule has 0 N–H and O–H groups in total. The number of para-hydroxylation sites is 1. The fraction of sp³-hybridized carbons (Fsp3) is 0.0857. The Balaban J connectivity index is 0.00000130. The maximum absolute atomic E-state index is 13.8. The lowest BCUT2D eigenvalue weighted by molar-refractivity contribution is 1.04.